The molecule has 1 N–H and O–H groups in total. The zero-order valence-electron chi connectivity index (χ0n) is 12.4. The zero-order chi connectivity index (χ0) is 15.0. The Morgan fingerprint density at radius 2 is 2.33 bits per heavy atom. The van der Waals surface area contributed by atoms with Crippen molar-refractivity contribution in [3.05, 3.63) is 29.6 Å². The minimum absolute atomic E-state index is 0.0167. The van der Waals surface area contributed by atoms with Crippen molar-refractivity contribution in [2.24, 2.45) is 5.92 Å². The van der Waals surface area contributed by atoms with Gasteiger partial charge in [-0.05, 0) is 31.0 Å². The van der Waals surface area contributed by atoms with Crippen LogP contribution in [-0.4, -0.2) is 27.3 Å². The second-order valence-electron chi connectivity index (χ2n) is 5.84. The highest BCUT2D eigenvalue weighted by Gasteiger charge is 2.32. The van der Waals surface area contributed by atoms with Crippen molar-refractivity contribution >= 4 is 16.9 Å². The fraction of sp³-hybridized carbons (Fsp3) is 0.412. The maximum atomic E-state index is 12.3. The summed E-state index contributed by atoms with van der Waals surface area (Å²) in [5.41, 5.74) is 2.66. The smallest absolute Gasteiger partial charge is 0.225 e. The van der Waals surface area contributed by atoms with Gasteiger partial charge >= 0.3 is 0 Å². The number of rotatable bonds is 2. The lowest BCUT2D eigenvalue weighted by Gasteiger charge is -2.24. The van der Waals surface area contributed by atoms with Crippen LogP contribution in [0, 0.1) is 18.3 Å². The van der Waals surface area contributed by atoms with Crippen molar-refractivity contribution in [3.63, 3.8) is 0 Å². The van der Waals surface area contributed by atoms with Crippen molar-refractivity contribution in [2.75, 3.05) is 6.54 Å². The molecule has 1 aromatic carbocycles. The number of benzene rings is 1. The predicted molar refractivity (Wildman–Crippen MR) is 82.6 cm³/mol. The summed E-state index contributed by atoms with van der Waals surface area (Å²) >= 11 is 0. The third-order valence-electron chi connectivity index (χ3n) is 4.01. The number of aromatic nitrogens is 2. The number of amides is 1. The van der Waals surface area contributed by atoms with Crippen LogP contribution >= 0.6 is 0 Å². The molecule has 0 bridgehead atoms. The van der Waals surface area contributed by atoms with Gasteiger partial charge in [-0.25, -0.2) is 4.98 Å². The van der Waals surface area contributed by atoms with E-state index in [1.54, 1.807) is 0 Å². The molecule has 1 fully saturated rings. The Bertz CT molecular complexity index is 723. The summed E-state index contributed by atoms with van der Waals surface area (Å²) in [6.07, 6.45) is 7.41. The fourth-order valence-electron chi connectivity index (χ4n) is 2.92. The second-order valence-corrected chi connectivity index (χ2v) is 5.84. The molecular formula is C17H19N3O. The average Bonchev–Trinajstić information content (AvgIpc) is 3.11. The molecule has 1 atom stereocenters. The summed E-state index contributed by atoms with van der Waals surface area (Å²) in [5.74, 6) is 3.71. The lowest BCUT2D eigenvalue weighted by Crippen LogP contribution is -2.34. The number of carbonyl (C=O) groups excluding carboxylic acids is 1. The summed E-state index contributed by atoms with van der Waals surface area (Å²) in [4.78, 5) is 22.2. The first-order valence-electron chi connectivity index (χ1n) is 7.37. The minimum Gasteiger partial charge on any atom is -0.340 e. The van der Waals surface area contributed by atoms with E-state index in [4.69, 9.17) is 6.42 Å². The van der Waals surface area contributed by atoms with Crippen LogP contribution in [0.25, 0.3) is 11.0 Å². The molecule has 1 aliphatic rings. The van der Waals surface area contributed by atoms with Gasteiger partial charge in [0.1, 0.15) is 5.82 Å². The van der Waals surface area contributed by atoms with E-state index < -0.39 is 0 Å². The molecular weight excluding hydrogens is 262 g/mol. The Morgan fingerprint density at radius 3 is 3.05 bits per heavy atom. The minimum atomic E-state index is 0.0167. The van der Waals surface area contributed by atoms with E-state index in [0.717, 1.165) is 41.8 Å². The molecule has 108 valence electrons. The van der Waals surface area contributed by atoms with Gasteiger partial charge in [0.2, 0.25) is 5.91 Å². The van der Waals surface area contributed by atoms with Crippen molar-refractivity contribution in [1.29, 1.82) is 0 Å². The highest BCUT2D eigenvalue weighted by molar-refractivity contribution is 5.80. The topological polar surface area (TPSA) is 49.0 Å². The molecule has 1 saturated heterocycles. The van der Waals surface area contributed by atoms with Gasteiger partial charge in [0.15, 0.2) is 0 Å². The van der Waals surface area contributed by atoms with Crippen LogP contribution in [0.15, 0.2) is 18.2 Å². The standard InChI is InChI=1S/C17H19N3O/c1-4-12-7-8-13-14(10-12)19-16(18-13)15-6-5-9-20(15)17(21)11(2)3/h1,7-8,10-11,15H,5-6,9H2,2-3H3,(H,18,19)/t15-/m0/s1. The number of fused-ring (bicyclic) bond motifs is 1. The third-order valence-corrected chi connectivity index (χ3v) is 4.01. The molecule has 2 heterocycles. The number of terminal acetylenes is 1. The Hall–Kier alpha value is -2.28. The van der Waals surface area contributed by atoms with Crippen LogP contribution < -0.4 is 0 Å². The summed E-state index contributed by atoms with van der Waals surface area (Å²) < 4.78 is 0. The Balaban J connectivity index is 1.96. The summed E-state index contributed by atoms with van der Waals surface area (Å²) in [5, 5.41) is 0. The van der Waals surface area contributed by atoms with Crippen LogP contribution in [0.3, 0.4) is 0 Å². The normalized spacial score (nSPS) is 18.4. The Morgan fingerprint density at radius 1 is 1.52 bits per heavy atom. The first-order valence-corrected chi connectivity index (χ1v) is 7.37. The van der Waals surface area contributed by atoms with E-state index >= 15 is 0 Å². The van der Waals surface area contributed by atoms with Gasteiger partial charge in [-0.15, -0.1) is 6.42 Å². The fourth-order valence-corrected chi connectivity index (χ4v) is 2.92. The van der Waals surface area contributed by atoms with Crippen LogP contribution in [0.5, 0.6) is 0 Å². The van der Waals surface area contributed by atoms with Gasteiger partial charge < -0.3 is 9.88 Å². The number of H-pyrrole nitrogens is 1. The van der Waals surface area contributed by atoms with E-state index in [9.17, 15) is 4.79 Å². The number of aromatic amines is 1. The molecule has 0 radical (unpaired) electrons. The molecule has 4 heteroatoms. The van der Waals surface area contributed by atoms with Crippen molar-refractivity contribution in [1.82, 2.24) is 14.9 Å². The molecule has 3 rings (SSSR count). The summed E-state index contributed by atoms with van der Waals surface area (Å²) in [6.45, 7) is 4.69. The molecule has 1 aliphatic heterocycles. The summed E-state index contributed by atoms with van der Waals surface area (Å²) in [7, 11) is 0. The van der Waals surface area contributed by atoms with Crippen LogP contribution in [0.1, 0.15) is 44.1 Å². The third kappa shape index (κ3) is 2.40. The largest absolute Gasteiger partial charge is 0.340 e. The molecule has 4 nitrogen and oxygen atoms in total. The zero-order valence-corrected chi connectivity index (χ0v) is 12.4. The number of likely N-dealkylation sites (tertiary alicyclic amines) is 1. The van der Waals surface area contributed by atoms with Gasteiger partial charge in [0.05, 0.1) is 17.1 Å². The van der Waals surface area contributed by atoms with E-state index in [-0.39, 0.29) is 17.9 Å². The van der Waals surface area contributed by atoms with E-state index in [1.165, 1.54) is 0 Å². The molecule has 21 heavy (non-hydrogen) atoms. The van der Waals surface area contributed by atoms with Crippen LogP contribution in [-0.2, 0) is 4.79 Å². The van der Waals surface area contributed by atoms with Crippen LogP contribution in [0.4, 0.5) is 0 Å². The van der Waals surface area contributed by atoms with Gasteiger partial charge in [-0.3, -0.25) is 4.79 Å². The maximum absolute atomic E-state index is 12.3. The van der Waals surface area contributed by atoms with Crippen molar-refractivity contribution < 1.29 is 4.79 Å². The molecule has 0 saturated carbocycles. The molecule has 0 unspecified atom stereocenters. The van der Waals surface area contributed by atoms with E-state index in [2.05, 4.69) is 15.9 Å². The van der Waals surface area contributed by atoms with E-state index in [1.807, 2.05) is 36.9 Å². The Labute approximate surface area is 124 Å². The second kappa shape index (κ2) is 5.25. The number of hydrogen-bond donors (Lipinski definition) is 1. The SMILES string of the molecule is C#Cc1ccc2nc([C@@H]3CCCN3C(=O)C(C)C)[nH]c2c1. The average molecular weight is 281 g/mol. The van der Waals surface area contributed by atoms with Crippen molar-refractivity contribution in [3.8, 4) is 12.3 Å². The monoisotopic (exact) mass is 281 g/mol. The first kappa shape index (κ1) is 13.7. The molecule has 0 spiro atoms. The maximum Gasteiger partial charge on any atom is 0.225 e. The number of imidazole rings is 1. The lowest BCUT2D eigenvalue weighted by atomic mass is 10.1. The predicted octanol–water partition coefficient (Wildman–Crippen LogP) is 2.86. The van der Waals surface area contributed by atoms with Crippen molar-refractivity contribution in [2.45, 2.75) is 32.7 Å². The number of nitrogens with one attached hydrogen (secondary N) is 1. The Kier molecular flexibility index (Phi) is 3.42. The lowest BCUT2D eigenvalue weighted by molar-refractivity contribution is -0.135. The molecule has 1 aromatic heterocycles. The molecule has 1 amide bonds. The highest BCUT2D eigenvalue weighted by Crippen LogP contribution is 2.32. The number of nitrogens with zero attached hydrogens (tertiary/aromatic N) is 2. The van der Waals surface area contributed by atoms with Gasteiger partial charge in [0.25, 0.3) is 0 Å². The van der Waals surface area contributed by atoms with Gasteiger partial charge in [0, 0.05) is 18.0 Å². The molecule has 0 aliphatic carbocycles. The number of carbonyl (C=O) groups is 1. The first-order chi connectivity index (χ1) is 10.1. The quantitative estimate of drug-likeness (QED) is 0.860. The summed E-state index contributed by atoms with van der Waals surface area (Å²) in [6, 6.07) is 5.80. The van der Waals surface area contributed by atoms with Gasteiger partial charge in [-0.1, -0.05) is 19.8 Å². The molecule has 2 aromatic rings. The highest BCUT2D eigenvalue weighted by atomic mass is 16.2. The van der Waals surface area contributed by atoms with Crippen LogP contribution in [0.2, 0.25) is 0 Å². The van der Waals surface area contributed by atoms with Gasteiger partial charge in [-0.2, -0.15) is 0 Å². The number of hydrogen-bond acceptors (Lipinski definition) is 2. The van der Waals surface area contributed by atoms with E-state index in [0.29, 0.717) is 0 Å².